The molecule has 8 nitrogen and oxygen atoms in total. The summed E-state index contributed by atoms with van der Waals surface area (Å²) in [4.78, 5) is 18.7. The fourth-order valence-corrected chi connectivity index (χ4v) is 3.98. The number of piperidine rings is 1. The average molecular weight is 429 g/mol. The van der Waals surface area contributed by atoms with Gasteiger partial charge in [-0.25, -0.2) is 4.98 Å². The third-order valence-corrected chi connectivity index (χ3v) is 5.63. The molecule has 5 rings (SSSR count). The molecule has 2 aliphatic heterocycles. The van der Waals surface area contributed by atoms with Crippen molar-refractivity contribution in [2.24, 2.45) is 0 Å². The van der Waals surface area contributed by atoms with Gasteiger partial charge in [-0.1, -0.05) is 11.6 Å². The minimum atomic E-state index is -0.361. The van der Waals surface area contributed by atoms with Crippen molar-refractivity contribution in [1.82, 2.24) is 14.6 Å². The molecule has 0 aliphatic carbocycles. The third-order valence-electron chi connectivity index (χ3n) is 5.37. The maximum atomic E-state index is 12.3. The summed E-state index contributed by atoms with van der Waals surface area (Å²) < 4.78 is 18.6. The van der Waals surface area contributed by atoms with Gasteiger partial charge in [0.25, 0.3) is 5.56 Å². The molecule has 2 aromatic heterocycles. The number of nitrogens with zero attached hydrogens (tertiary/aromatic N) is 4. The Morgan fingerprint density at radius 1 is 1.13 bits per heavy atom. The van der Waals surface area contributed by atoms with Crippen LogP contribution >= 0.6 is 11.6 Å². The summed E-state index contributed by atoms with van der Waals surface area (Å²) in [5.41, 5.74) is 1.10. The van der Waals surface area contributed by atoms with Crippen LogP contribution in [-0.2, 0) is 0 Å². The Labute approximate surface area is 177 Å². The molecular formula is C21H21ClN4O4. The lowest BCUT2D eigenvalue weighted by atomic mass is 10.1. The van der Waals surface area contributed by atoms with Gasteiger partial charge in [0, 0.05) is 32.0 Å². The van der Waals surface area contributed by atoms with Gasteiger partial charge in [0.2, 0.25) is 0 Å². The quantitative estimate of drug-likeness (QED) is 0.634. The summed E-state index contributed by atoms with van der Waals surface area (Å²) in [7, 11) is 0. The number of hydrogen-bond donors (Lipinski definition) is 0. The molecular weight excluding hydrogens is 408 g/mol. The first kappa shape index (κ1) is 19.0. The molecule has 9 heteroatoms. The first-order valence-corrected chi connectivity index (χ1v) is 10.3. The first-order valence-electron chi connectivity index (χ1n) is 9.95. The first-order chi connectivity index (χ1) is 14.6. The van der Waals surface area contributed by atoms with Crippen molar-refractivity contribution in [3.05, 3.63) is 51.4 Å². The molecule has 156 valence electrons. The Morgan fingerprint density at radius 2 is 1.90 bits per heavy atom. The van der Waals surface area contributed by atoms with Crippen molar-refractivity contribution < 1.29 is 14.2 Å². The van der Waals surface area contributed by atoms with E-state index in [0.29, 0.717) is 18.9 Å². The molecule has 0 N–H and O–H groups in total. The van der Waals surface area contributed by atoms with Crippen LogP contribution in [0, 0.1) is 6.92 Å². The van der Waals surface area contributed by atoms with Crippen LogP contribution in [0.25, 0.3) is 5.65 Å². The van der Waals surface area contributed by atoms with E-state index in [4.69, 9.17) is 25.8 Å². The Hall–Kier alpha value is -3.00. The van der Waals surface area contributed by atoms with Crippen molar-refractivity contribution in [2.45, 2.75) is 25.9 Å². The molecule has 3 aromatic rings. The van der Waals surface area contributed by atoms with Crippen molar-refractivity contribution >= 4 is 23.1 Å². The fraction of sp³-hybridized carbons (Fsp3) is 0.381. The van der Waals surface area contributed by atoms with Crippen LogP contribution in [0.1, 0.15) is 18.4 Å². The molecule has 0 radical (unpaired) electrons. The Kier molecular flexibility index (Phi) is 4.86. The number of fused-ring (bicyclic) bond motifs is 2. The van der Waals surface area contributed by atoms with Crippen LogP contribution in [0.4, 0.5) is 5.82 Å². The van der Waals surface area contributed by atoms with Gasteiger partial charge in [0.05, 0.1) is 6.20 Å². The maximum Gasteiger partial charge on any atom is 0.293 e. The zero-order valence-electron chi connectivity index (χ0n) is 16.5. The SMILES string of the molecule is Cc1cc2ncc(Cl)c(=O)n2nc1N1CCC(Oc2ccc3c(c2)OCCO3)CC1. The van der Waals surface area contributed by atoms with Gasteiger partial charge in [-0.15, -0.1) is 5.10 Å². The van der Waals surface area contributed by atoms with Gasteiger partial charge in [0.15, 0.2) is 23.0 Å². The predicted octanol–water partition coefficient (Wildman–Crippen LogP) is 2.87. The van der Waals surface area contributed by atoms with Crippen LogP contribution in [0.3, 0.4) is 0 Å². The highest BCUT2D eigenvalue weighted by molar-refractivity contribution is 6.30. The number of aryl methyl sites for hydroxylation is 1. The van der Waals surface area contributed by atoms with E-state index in [1.54, 1.807) is 0 Å². The standard InChI is InChI=1S/C21H21ClN4O4/c1-13-10-19-23-12-16(22)21(27)26(19)24-20(13)25-6-4-14(5-7-25)30-15-2-3-17-18(11-15)29-9-8-28-17/h2-3,10-12,14H,4-9H2,1H3. The smallest absolute Gasteiger partial charge is 0.293 e. The van der Waals surface area contributed by atoms with Crippen molar-refractivity contribution in [3.8, 4) is 17.2 Å². The van der Waals surface area contributed by atoms with Crippen LogP contribution < -0.4 is 24.7 Å². The monoisotopic (exact) mass is 428 g/mol. The van der Waals surface area contributed by atoms with E-state index in [2.05, 4.69) is 15.0 Å². The molecule has 0 spiro atoms. The molecule has 0 bridgehead atoms. The second-order valence-corrected chi connectivity index (χ2v) is 7.85. The summed E-state index contributed by atoms with van der Waals surface area (Å²) in [6.45, 7) is 4.65. The number of anilines is 1. The predicted molar refractivity (Wildman–Crippen MR) is 112 cm³/mol. The molecule has 0 saturated carbocycles. The van der Waals surface area contributed by atoms with Gasteiger partial charge in [-0.3, -0.25) is 4.79 Å². The lowest BCUT2D eigenvalue weighted by molar-refractivity contribution is 0.159. The van der Waals surface area contributed by atoms with Crippen LogP contribution in [0.15, 0.2) is 35.3 Å². The summed E-state index contributed by atoms with van der Waals surface area (Å²) in [6.07, 6.45) is 3.15. The number of rotatable bonds is 3. The van der Waals surface area contributed by atoms with Crippen LogP contribution in [0.2, 0.25) is 5.02 Å². The summed E-state index contributed by atoms with van der Waals surface area (Å²) in [5.74, 6) is 3.03. The zero-order valence-corrected chi connectivity index (χ0v) is 17.3. The molecule has 2 aliphatic rings. The van der Waals surface area contributed by atoms with E-state index in [0.717, 1.165) is 54.6 Å². The molecule has 4 heterocycles. The summed E-state index contributed by atoms with van der Waals surface area (Å²) in [5, 5.41) is 4.58. The van der Waals surface area contributed by atoms with E-state index in [1.165, 1.54) is 10.7 Å². The maximum absolute atomic E-state index is 12.3. The molecule has 1 fully saturated rings. The zero-order chi connectivity index (χ0) is 20.7. The van der Waals surface area contributed by atoms with E-state index in [1.807, 2.05) is 31.2 Å². The normalized spacial score (nSPS) is 16.7. The number of aromatic nitrogens is 3. The van der Waals surface area contributed by atoms with Gasteiger partial charge in [-0.05, 0) is 30.7 Å². The molecule has 30 heavy (non-hydrogen) atoms. The minimum absolute atomic E-state index is 0.0568. The molecule has 1 aromatic carbocycles. The Morgan fingerprint density at radius 3 is 2.70 bits per heavy atom. The Balaban J connectivity index is 1.29. The molecule has 1 saturated heterocycles. The van der Waals surface area contributed by atoms with E-state index < -0.39 is 0 Å². The Bertz CT molecular complexity index is 1160. The largest absolute Gasteiger partial charge is 0.490 e. The lowest BCUT2D eigenvalue weighted by Gasteiger charge is -2.33. The summed E-state index contributed by atoms with van der Waals surface area (Å²) in [6, 6.07) is 7.55. The fourth-order valence-electron chi connectivity index (χ4n) is 3.85. The van der Waals surface area contributed by atoms with Gasteiger partial charge in [-0.2, -0.15) is 4.52 Å². The number of halogens is 1. The second kappa shape index (κ2) is 7.68. The van der Waals surface area contributed by atoms with Gasteiger partial charge < -0.3 is 19.1 Å². The molecule has 0 unspecified atom stereocenters. The van der Waals surface area contributed by atoms with Crippen LogP contribution in [-0.4, -0.2) is 47.0 Å². The third kappa shape index (κ3) is 3.52. The van der Waals surface area contributed by atoms with E-state index in [-0.39, 0.29) is 16.7 Å². The van der Waals surface area contributed by atoms with E-state index in [9.17, 15) is 4.79 Å². The molecule has 0 amide bonds. The van der Waals surface area contributed by atoms with Crippen molar-refractivity contribution in [3.63, 3.8) is 0 Å². The van der Waals surface area contributed by atoms with Crippen LogP contribution in [0.5, 0.6) is 17.2 Å². The topological polar surface area (TPSA) is 78.2 Å². The number of benzene rings is 1. The highest BCUT2D eigenvalue weighted by Crippen LogP contribution is 2.34. The minimum Gasteiger partial charge on any atom is -0.490 e. The van der Waals surface area contributed by atoms with Crippen molar-refractivity contribution in [1.29, 1.82) is 0 Å². The van der Waals surface area contributed by atoms with Crippen molar-refractivity contribution in [2.75, 3.05) is 31.2 Å². The van der Waals surface area contributed by atoms with Gasteiger partial charge >= 0.3 is 0 Å². The van der Waals surface area contributed by atoms with E-state index >= 15 is 0 Å². The average Bonchev–Trinajstić information content (AvgIpc) is 2.77. The number of hydrogen-bond acceptors (Lipinski definition) is 7. The van der Waals surface area contributed by atoms with Gasteiger partial charge in [0.1, 0.15) is 30.1 Å². The lowest BCUT2D eigenvalue weighted by Crippen LogP contribution is -2.39. The second-order valence-electron chi connectivity index (χ2n) is 7.44. The highest BCUT2D eigenvalue weighted by atomic mass is 35.5. The highest BCUT2D eigenvalue weighted by Gasteiger charge is 2.24. The number of ether oxygens (including phenoxy) is 3. The molecule has 0 atom stereocenters. The summed E-state index contributed by atoms with van der Waals surface area (Å²) >= 11 is 5.92.